The van der Waals surface area contributed by atoms with Gasteiger partial charge in [-0.3, -0.25) is 9.97 Å². The van der Waals surface area contributed by atoms with Gasteiger partial charge in [0.05, 0.1) is 22.4 Å². The zero-order valence-corrected chi connectivity index (χ0v) is 18.0. The van der Waals surface area contributed by atoms with Gasteiger partial charge < -0.3 is 15.2 Å². The Kier molecular flexibility index (Phi) is 6.59. The molecule has 3 aromatic rings. The standard InChI is InChI=1S/C22H22ClF2N3O3/c1-12(2)9-22(3,31-21(26)29)11-30-19-10-28-17(8-15(19)23)14-4-5-27-18-7-13(24)6-16(25)20(14)18/h4-8,10,12H,9,11H2,1-3H3,(H2,26,29). The van der Waals surface area contributed by atoms with Crippen LogP contribution < -0.4 is 10.5 Å². The molecule has 0 fully saturated rings. The predicted octanol–water partition coefficient (Wildman–Crippen LogP) is 5.51. The van der Waals surface area contributed by atoms with Crippen LogP contribution in [0.3, 0.4) is 0 Å². The molecule has 3 rings (SSSR count). The summed E-state index contributed by atoms with van der Waals surface area (Å²) in [5, 5.41) is 0.365. The van der Waals surface area contributed by atoms with Gasteiger partial charge in [0.15, 0.2) is 5.75 Å². The number of fused-ring (bicyclic) bond motifs is 1. The van der Waals surface area contributed by atoms with Crippen LogP contribution >= 0.6 is 11.6 Å². The number of nitrogens with two attached hydrogens (primary N) is 1. The summed E-state index contributed by atoms with van der Waals surface area (Å²) in [5.41, 5.74) is 5.19. The van der Waals surface area contributed by atoms with Crippen LogP contribution in [-0.4, -0.2) is 28.3 Å². The fourth-order valence-corrected chi connectivity index (χ4v) is 3.76. The number of halogens is 3. The number of hydrogen-bond donors (Lipinski definition) is 1. The van der Waals surface area contributed by atoms with E-state index in [-0.39, 0.29) is 34.2 Å². The molecule has 0 aliphatic heterocycles. The number of aromatic nitrogens is 2. The maximum absolute atomic E-state index is 14.4. The minimum absolute atomic E-state index is 0.0148. The third-order valence-corrected chi connectivity index (χ3v) is 4.87. The van der Waals surface area contributed by atoms with Crippen molar-refractivity contribution >= 4 is 28.6 Å². The van der Waals surface area contributed by atoms with Crippen LogP contribution in [0.25, 0.3) is 22.2 Å². The molecule has 0 radical (unpaired) electrons. The predicted molar refractivity (Wildman–Crippen MR) is 114 cm³/mol. The monoisotopic (exact) mass is 449 g/mol. The maximum Gasteiger partial charge on any atom is 0.405 e. The smallest absolute Gasteiger partial charge is 0.405 e. The van der Waals surface area contributed by atoms with Gasteiger partial charge in [-0.05, 0) is 31.4 Å². The number of hydrogen-bond acceptors (Lipinski definition) is 5. The van der Waals surface area contributed by atoms with Gasteiger partial charge in [0.2, 0.25) is 0 Å². The van der Waals surface area contributed by atoms with E-state index in [9.17, 15) is 13.6 Å². The second-order valence-electron chi connectivity index (χ2n) is 7.90. The van der Waals surface area contributed by atoms with Crippen LogP contribution in [0.1, 0.15) is 27.2 Å². The molecule has 31 heavy (non-hydrogen) atoms. The Balaban J connectivity index is 1.89. The van der Waals surface area contributed by atoms with Crippen molar-refractivity contribution in [3.63, 3.8) is 0 Å². The first-order valence-electron chi connectivity index (χ1n) is 9.59. The van der Waals surface area contributed by atoms with E-state index in [1.807, 2.05) is 13.8 Å². The highest BCUT2D eigenvalue weighted by Crippen LogP contribution is 2.34. The minimum Gasteiger partial charge on any atom is -0.486 e. The number of nitrogens with zero attached hydrogens (tertiary/aromatic N) is 2. The fraction of sp³-hybridized carbons (Fsp3) is 0.318. The van der Waals surface area contributed by atoms with Crippen molar-refractivity contribution in [3.05, 3.63) is 53.3 Å². The Labute approximate surface area is 183 Å². The number of carbonyl (C=O) groups is 1. The number of pyridine rings is 2. The van der Waals surface area contributed by atoms with Crippen LogP contribution in [0.4, 0.5) is 13.6 Å². The molecule has 0 saturated carbocycles. The summed E-state index contributed by atoms with van der Waals surface area (Å²) in [7, 11) is 0. The van der Waals surface area contributed by atoms with Gasteiger partial charge in [-0.2, -0.15) is 0 Å². The molecule has 1 atom stereocenters. The number of primary amides is 1. The van der Waals surface area contributed by atoms with Crippen molar-refractivity contribution in [2.45, 2.75) is 32.8 Å². The minimum atomic E-state index is -0.948. The van der Waals surface area contributed by atoms with Crippen LogP contribution in [0, 0.1) is 17.6 Å². The molecule has 2 aromatic heterocycles. The first-order valence-corrected chi connectivity index (χ1v) is 9.97. The topological polar surface area (TPSA) is 87.3 Å². The van der Waals surface area contributed by atoms with Crippen molar-refractivity contribution in [2.75, 3.05) is 6.61 Å². The first-order chi connectivity index (χ1) is 14.6. The summed E-state index contributed by atoms with van der Waals surface area (Å²) in [5.74, 6) is -0.974. The highest BCUT2D eigenvalue weighted by atomic mass is 35.5. The Morgan fingerprint density at radius 2 is 2.00 bits per heavy atom. The van der Waals surface area contributed by atoms with Crippen LogP contribution in [0.2, 0.25) is 5.02 Å². The Morgan fingerprint density at radius 3 is 2.65 bits per heavy atom. The SMILES string of the molecule is CC(C)CC(C)(COc1cnc(-c2ccnc3cc(F)cc(F)c23)cc1Cl)OC(N)=O. The summed E-state index contributed by atoms with van der Waals surface area (Å²) in [4.78, 5) is 19.6. The van der Waals surface area contributed by atoms with E-state index < -0.39 is 23.3 Å². The molecule has 9 heteroatoms. The Morgan fingerprint density at radius 1 is 1.26 bits per heavy atom. The molecule has 0 aliphatic carbocycles. The molecule has 6 nitrogen and oxygen atoms in total. The molecule has 0 spiro atoms. The molecule has 0 bridgehead atoms. The molecule has 1 amide bonds. The molecule has 0 saturated heterocycles. The largest absolute Gasteiger partial charge is 0.486 e. The quantitative estimate of drug-likeness (QED) is 0.514. The second-order valence-corrected chi connectivity index (χ2v) is 8.31. The van der Waals surface area contributed by atoms with Crippen molar-refractivity contribution in [2.24, 2.45) is 11.7 Å². The number of carbonyl (C=O) groups excluding carboxylic acids is 1. The van der Waals surface area contributed by atoms with E-state index in [1.54, 1.807) is 13.0 Å². The van der Waals surface area contributed by atoms with Crippen molar-refractivity contribution in [3.8, 4) is 17.0 Å². The van der Waals surface area contributed by atoms with Gasteiger partial charge in [0.25, 0.3) is 0 Å². The summed E-state index contributed by atoms with van der Waals surface area (Å²) >= 11 is 6.37. The van der Waals surface area contributed by atoms with Crippen molar-refractivity contribution in [1.29, 1.82) is 0 Å². The molecule has 0 aliphatic rings. The van der Waals surface area contributed by atoms with E-state index in [1.165, 1.54) is 18.5 Å². The maximum atomic E-state index is 14.4. The number of benzene rings is 1. The lowest BCUT2D eigenvalue weighted by atomic mass is 9.95. The average molecular weight is 450 g/mol. The second kappa shape index (κ2) is 9.01. The normalized spacial score (nSPS) is 13.3. The molecule has 2 N–H and O–H groups in total. The Hall–Kier alpha value is -3.00. The van der Waals surface area contributed by atoms with E-state index in [4.69, 9.17) is 26.8 Å². The molecular formula is C22H22ClF2N3O3. The highest BCUT2D eigenvalue weighted by Gasteiger charge is 2.31. The zero-order valence-electron chi connectivity index (χ0n) is 17.3. The van der Waals surface area contributed by atoms with Gasteiger partial charge in [0, 0.05) is 29.3 Å². The van der Waals surface area contributed by atoms with Crippen LogP contribution in [0.15, 0.2) is 36.7 Å². The average Bonchev–Trinajstić information content (AvgIpc) is 2.65. The fourth-order valence-electron chi connectivity index (χ4n) is 3.56. The van der Waals surface area contributed by atoms with Crippen LogP contribution in [0.5, 0.6) is 5.75 Å². The molecular weight excluding hydrogens is 428 g/mol. The summed E-state index contributed by atoms with van der Waals surface area (Å²) in [6.07, 6.45) is 2.47. The number of amides is 1. The van der Waals surface area contributed by atoms with Crippen molar-refractivity contribution in [1.82, 2.24) is 9.97 Å². The third-order valence-electron chi connectivity index (χ3n) is 4.57. The summed E-state index contributed by atoms with van der Waals surface area (Å²) in [6.45, 7) is 5.70. The number of ether oxygens (including phenoxy) is 2. The lowest BCUT2D eigenvalue weighted by Crippen LogP contribution is -2.41. The molecule has 164 valence electrons. The van der Waals surface area contributed by atoms with E-state index in [2.05, 4.69) is 9.97 Å². The van der Waals surface area contributed by atoms with Gasteiger partial charge in [-0.15, -0.1) is 0 Å². The lowest BCUT2D eigenvalue weighted by molar-refractivity contribution is -0.0186. The first kappa shape index (κ1) is 22.7. The molecule has 1 unspecified atom stereocenters. The lowest BCUT2D eigenvalue weighted by Gasteiger charge is -2.30. The Bertz CT molecular complexity index is 1130. The molecule has 1 aromatic carbocycles. The van der Waals surface area contributed by atoms with Gasteiger partial charge >= 0.3 is 6.09 Å². The van der Waals surface area contributed by atoms with E-state index >= 15 is 0 Å². The number of rotatable bonds is 7. The summed E-state index contributed by atoms with van der Waals surface area (Å²) < 4.78 is 38.9. The van der Waals surface area contributed by atoms with Gasteiger partial charge in [-0.1, -0.05) is 25.4 Å². The van der Waals surface area contributed by atoms with Gasteiger partial charge in [0.1, 0.15) is 23.8 Å². The highest BCUT2D eigenvalue weighted by molar-refractivity contribution is 6.32. The van der Waals surface area contributed by atoms with Gasteiger partial charge in [-0.25, -0.2) is 13.6 Å². The third kappa shape index (κ3) is 5.38. The van der Waals surface area contributed by atoms with Crippen molar-refractivity contribution < 1.29 is 23.0 Å². The van der Waals surface area contributed by atoms with E-state index in [0.29, 0.717) is 17.7 Å². The summed E-state index contributed by atoms with van der Waals surface area (Å²) in [6, 6.07) is 5.03. The van der Waals surface area contributed by atoms with Crippen LogP contribution in [-0.2, 0) is 4.74 Å². The zero-order chi connectivity index (χ0) is 22.8. The molecule has 2 heterocycles. The van der Waals surface area contributed by atoms with E-state index in [0.717, 1.165) is 12.1 Å².